The third kappa shape index (κ3) is 3.95. The molecule has 0 unspecified atom stereocenters. The Morgan fingerprint density at radius 2 is 1.95 bits per heavy atom. The summed E-state index contributed by atoms with van der Waals surface area (Å²) in [6.45, 7) is 9.27. The van der Waals surface area contributed by atoms with Crippen LogP contribution in [0.1, 0.15) is 29.8 Å². The van der Waals surface area contributed by atoms with Crippen LogP contribution in [-0.4, -0.2) is 60.2 Å². The van der Waals surface area contributed by atoms with Crippen molar-refractivity contribution in [2.24, 2.45) is 0 Å². The van der Waals surface area contributed by atoms with Gasteiger partial charge >= 0.3 is 5.97 Å². The number of carbonyl (C=O) groups is 1. The fourth-order valence-corrected chi connectivity index (χ4v) is 2.71. The molecule has 0 aromatic heterocycles. The predicted octanol–water partition coefficient (Wildman–Crippen LogP) is 1.92. The zero-order valence-electron chi connectivity index (χ0n) is 13.0. The van der Waals surface area contributed by atoms with Gasteiger partial charge in [-0.25, -0.2) is 4.79 Å². The summed E-state index contributed by atoms with van der Waals surface area (Å²) in [6.07, 6.45) is 0. The van der Waals surface area contributed by atoms with Crippen LogP contribution in [0.15, 0.2) is 18.2 Å². The Morgan fingerprint density at radius 3 is 2.48 bits per heavy atom. The molecule has 0 spiro atoms. The zero-order valence-corrected chi connectivity index (χ0v) is 13.0. The number of ether oxygens (including phenoxy) is 1. The van der Waals surface area contributed by atoms with Gasteiger partial charge in [0.25, 0.3) is 0 Å². The standard InChI is InChI=1S/C16H24N2O3/c1-12(2)18-8-6-17(7-9-18)11-14-10-13(16(19)20)4-5-15(14)21-3/h4-5,10,12H,6-9,11H2,1-3H3,(H,19,20). The molecule has 1 fully saturated rings. The van der Waals surface area contributed by atoms with E-state index in [4.69, 9.17) is 9.84 Å². The third-order valence-electron chi connectivity index (χ3n) is 4.06. The van der Waals surface area contributed by atoms with Crippen molar-refractivity contribution >= 4 is 5.97 Å². The zero-order chi connectivity index (χ0) is 15.4. The first-order chi connectivity index (χ1) is 10.0. The van der Waals surface area contributed by atoms with Gasteiger partial charge in [0, 0.05) is 44.3 Å². The van der Waals surface area contributed by atoms with Gasteiger partial charge in [-0.3, -0.25) is 9.80 Å². The molecule has 2 rings (SSSR count). The third-order valence-corrected chi connectivity index (χ3v) is 4.06. The van der Waals surface area contributed by atoms with Crippen molar-refractivity contribution in [3.63, 3.8) is 0 Å². The van der Waals surface area contributed by atoms with Crippen LogP contribution < -0.4 is 4.74 Å². The van der Waals surface area contributed by atoms with E-state index in [9.17, 15) is 4.79 Å². The van der Waals surface area contributed by atoms with E-state index in [1.807, 2.05) is 0 Å². The molecule has 1 saturated heterocycles. The SMILES string of the molecule is COc1ccc(C(=O)O)cc1CN1CCN(C(C)C)CC1. The van der Waals surface area contributed by atoms with Gasteiger partial charge in [0.1, 0.15) is 5.75 Å². The molecule has 116 valence electrons. The molecular weight excluding hydrogens is 268 g/mol. The number of nitrogens with zero attached hydrogens (tertiary/aromatic N) is 2. The highest BCUT2D eigenvalue weighted by Crippen LogP contribution is 2.22. The molecule has 1 aromatic carbocycles. The van der Waals surface area contributed by atoms with Gasteiger partial charge in [-0.05, 0) is 32.0 Å². The van der Waals surface area contributed by atoms with Crippen molar-refractivity contribution in [3.8, 4) is 5.75 Å². The molecule has 1 heterocycles. The number of benzene rings is 1. The minimum absolute atomic E-state index is 0.312. The largest absolute Gasteiger partial charge is 0.496 e. The van der Waals surface area contributed by atoms with Crippen molar-refractivity contribution in [1.29, 1.82) is 0 Å². The van der Waals surface area contributed by atoms with Gasteiger partial charge < -0.3 is 9.84 Å². The van der Waals surface area contributed by atoms with Crippen LogP contribution in [0, 0.1) is 0 Å². The van der Waals surface area contributed by atoms with Gasteiger partial charge in [0.05, 0.1) is 12.7 Å². The molecule has 0 saturated carbocycles. The number of carboxylic acid groups (broad SMARTS) is 1. The number of piperazine rings is 1. The smallest absolute Gasteiger partial charge is 0.335 e. The Labute approximate surface area is 126 Å². The normalized spacial score (nSPS) is 17.1. The van der Waals surface area contributed by atoms with Crippen LogP contribution in [-0.2, 0) is 6.54 Å². The topological polar surface area (TPSA) is 53.0 Å². The summed E-state index contributed by atoms with van der Waals surface area (Å²) in [6, 6.07) is 5.62. The fraction of sp³-hybridized carbons (Fsp3) is 0.562. The highest BCUT2D eigenvalue weighted by Gasteiger charge is 2.20. The maximum absolute atomic E-state index is 11.1. The lowest BCUT2D eigenvalue weighted by Gasteiger charge is -2.37. The number of carboxylic acids is 1. The van der Waals surface area contributed by atoms with Crippen molar-refractivity contribution in [3.05, 3.63) is 29.3 Å². The first-order valence-corrected chi connectivity index (χ1v) is 7.38. The minimum Gasteiger partial charge on any atom is -0.496 e. The first-order valence-electron chi connectivity index (χ1n) is 7.38. The van der Waals surface area contributed by atoms with E-state index in [0.717, 1.165) is 44.0 Å². The Morgan fingerprint density at radius 1 is 1.29 bits per heavy atom. The van der Waals surface area contributed by atoms with Crippen molar-refractivity contribution in [2.75, 3.05) is 33.3 Å². The Kier molecular flexibility index (Phi) is 5.20. The van der Waals surface area contributed by atoms with E-state index in [1.54, 1.807) is 25.3 Å². The Hall–Kier alpha value is -1.59. The maximum Gasteiger partial charge on any atom is 0.335 e. The van der Waals surface area contributed by atoms with Crippen LogP contribution >= 0.6 is 0 Å². The molecule has 0 amide bonds. The molecule has 5 nitrogen and oxygen atoms in total. The molecule has 1 aromatic rings. The first kappa shape index (κ1) is 15.8. The van der Waals surface area contributed by atoms with E-state index in [-0.39, 0.29) is 0 Å². The highest BCUT2D eigenvalue weighted by molar-refractivity contribution is 5.88. The van der Waals surface area contributed by atoms with E-state index < -0.39 is 5.97 Å². The molecule has 0 bridgehead atoms. The number of methoxy groups -OCH3 is 1. The lowest BCUT2D eigenvalue weighted by Crippen LogP contribution is -2.48. The van der Waals surface area contributed by atoms with Crippen molar-refractivity contribution in [1.82, 2.24) is 9.80 Å². The van der Waals surface area contributed by atoms with Crippen LogP contribution in [0.5, 0.6) is 5.75 Å². The number of hydrogen-bond donors (Lipinski definition) is 1. The van der Waals surface area contributed by atoms with Crippen LogP contribution in [0.4, 0.5) is 0 Å². The lowest BCUT2D eigenvalue weighted by molar-refractivity contribution is 0.0696. The summed E-state index contributed by atoms with van der Waals surface area (Å²) in [4.78, 5) is 15.9. The quantitative estimate of drug-likeness (QED) is 0.898. The average Bonchev–Trinajstić information content (AvgIpc) is 2.47. The summed E-state index contributed by atoms with van der Waals surface area (Å²) in [5, 5.41) is 9.11. The monoisotopic (exact) mass is 292 g/mol. The molecule has 1 N–H and O–H groups in total. The maximum atomic E-state index is 11.1. The Bertz CT molecular complexity index is 494. The number of rotatable bonds is 5. The van der Waals surface area contributed by atoms with Gasteiger partial charge in [-0.1, -0.05) is 0 Å². The second-order valence-corrected chi connectivity index (χ2v) is 5.74. The Balaban J connectivity index is 2.05. The molecule has 21 heavy (non-hydrogen) atoms. The lowest BCUT2D eigenvalue weighted by atomic mass is 10.1. The number of hydrogen-bond acceptors (Lipinski definition) is 4. The van der Waals surface area contributed by atoms with Crippen LogP contribution in [0.3, 0.4) is 0 Å². The van der Waals surface area contributed by atoms with Crippen molar-refractivity contribution in [2.45, 2.75) is 26.4 Å². The molecule has 0 radical (unpaired) electrons. The van der Waals surface area contributed by atoms with Crippen LogP contribution in [0.2, 0.25) is 0 Å². The van der Waals surface area contributed by atoms with E-state index >= 15 is 0 Å². The van der Waals surface area contributed by atoms with Crippen LogP contribution in [0.25, 0.3) is 0 Å². The highest BCUT2D eigenvalue weighted by atomic mass is 16.5. The van der Waals surface area contributed by atoms with Gasteiger partial charge in [0.15, 0.2) is 0 Å². The van der Waals surface area contributed by atoms with Crippen molar-refractivity contribution < 1.29 is 14.6 Å². The van der Waals surface area contributed by atoms with Gasteiger partial charge in [0.2, 0.25) is 0 Å². The molecule has 0 aliphatic carbocycles. The fourth-order valence-electron chi connectivity index (χ4n) is 2.71. The molecule has 1 aliphatic rings. The predicted molar refractivity (Wildman–Crippen MR) is 81.9 cm³/mol. The second-order valence-electron chi connectivity index (χ2n) is 5.74. The minimum atomic E-state index is -0.900. The second kappa shape index (κ2) is 6.91. The summed E-state index contributed by atoms with van der Waals surface area (Å²) in [7, 11) is 1.62. The summed E-state index contributed by atoms with van der Waals surface area (Å²) in [5.74, 6) is -0.144. The molecule has 0 atom stereocenters. The van der Waals surface area contributed by atoms with E-state index in [2.05, 4.69) is 23.6 Å². The van der Waals surface area contributed by atoms with E-state index in [0.29, 0.717) is 11.6 Å². The summed E-state index contributed by atoms with van der Waals surface area (Å²) < 4.78 is 5.35. The van der Waals surface area contributed by atoms with E-state index in [1.165, 1.54) is 0 Å². The molecular formula is C16H24N2O3. The molecule has 1 aliphatic heterocycles. The van der Waals surface area contributed by atoms with Gasteiger partial charge in [-0.15, -0.1) is 0 Å². The molecule has 5 heteroatoms. The summed E-state index contributed by atoms with van der Waals surface area (Å²) >= 11 is 0. The summed E-state index contributed by atoms with van der Waals surface area (Å²) in [5.41, 5.74) is 1.25. The average molecular weight is 292 g/mol. The van der Waals surface area contributed by atoms with Gasteiger partial charge in [-0.2, -0.15) is 0 Å². The number of aromatic carboxylic acids is 1.